The summed E-state index contributed by atoms with van der Waals surface area (Å²) in [6.07, 6.45) is 1.38. The molecule has 3 rings (SSSR count). The van der Waals surface area contributed by atoms with Crippen molar-refractivity contribution in [3.63, 3.8) is 0 Å². The lowest BCUT2D eigenvalue weighted by molar-refractivity contribution is -0.384. The van der Waals surface area contributed by atoms with E-state index in [4.69, 9.17) is 4.74 Å². The average molecular weight is 383 g/mol. The molecule has 1 heterocycles. The third-order valence-electron chi connectivity index (χ3n) is 5.22. The van der Waals surface area contributed by atoms with Gasteiger partial charge in [0.05, 0.1) is 12.0 Å². The van der Waals surface area contributed by atoms with Gasteiger partial charge in [0.25, 0.3) is 5.69 Å². The van der Waals surface area contributed by atoms with Crippen molar-refractivity contribution in [1.29, 1.82) is 0 Å². The Balaban J connectivity index is 1.58. The molecule has 1 amide bonds. The fraction of sp³-hybridized carbons (Fsp3) is 0.381. The summed E-state index contributed by atoms with van der Waals surface area (Å²) in [7, 11) is 3.45. The van der Waals surface area contributed by atoms with E-state index in [1.54, 1.807) is 24.1 Å². The summed E-state index contributed by atoms with van der Waals surface area (Å²) in [6.45, 7) is 1.82. The second-order valence-corrected chi connectivity index (χ2v) is 7.05. The smallest absolute Gasteiger partial charge is 0.292 e. The molecule has 0 bridgehead atoms. The maximum absolute atomic E-state index is 12.8. The quantitative estimate of drug-likeness (QED) is 0.564. The highest BCUT2D eigenvalue weighted by Crippen LogP contribution is 2.31. The Morgan fingerprint density at radius 2 is 1.82 bits per heavy atom. The Morgan fingerprint density at radius 3 is 2.43 bits per heavy atom. The van der Waals surface area contributed by atoms with Crippen molar-refractivity contribution in [2.45, 2.75) is 19.4 Å². The highest BCUT2D eigenvalue weighted by atomic mass is 16.6. The zero-order valence-corrected chi connectivity index (χ0v) is 16.2. The monoisotopic (exact) mass is 383 g/mol. The van der Waals surface area contributed by atoms with Crippen LogP contribution in [0.2, 0.25) is 0 Å². The maximum Gasteiger partial charge on any atom is 0.292 e. The third-order valence-corrected chi connectivity index (χ3v) is 5.22. The molecule has 0 N–H and O–H groups in total. The summed E-state index contributed by atoms with van der Waals surface area (Å²) in [4.78, 5) is 27.5. The number of methoxy groups -OCH3 is 1. The Hall–Kier alpha value is -3.09. The molecule has 0 radical (unpaired) electrons. The molecule has 28 heavy (non-hydrogen) atoms. The van der Waals surface area contributed by atoms with Crippen molar-refractivity contribution in [1.82, 2.24) is 4.90 Å². The summed E-state index contributed by atoms with van der Waals surface area (Å²) < 4.78 is 5.16. The van der Waals surface area contributed by atoms with Crippen LogP contribution in [0.25, 0.3) is 0 Å². The molecule has 1 aliphatic rings. The highest BCUT2D eigenvalue weighted by Gasteiger charge is 2.29. The van der Waals surface area contributed by atoms with Gasteiger partial charge in [0.1, 0.15) is 11.4 Å². The van der Waals surface area contributed by atoms with Crippen molar-refractivity contribution >= 4 is 17.3 Å². The highest BCUT2D eigenvalue weighted by molar-refractivity contribution is 5.79. The lowest BCUT2D eigenvalue weighted by Crippen LogP contribution is -2.41. The van der Waals surface area contributed by atoms with E-state index < -0.39 is 0 Å². The second kappa shape index (κ2) is 8.73. The van der Waals surface area contributed by atoms with Gasteiger partial charge in [-0.25, -0.2) is 0 Å². The van der Waals surface area contributed by atoms with Crippen LogP contribution >= 0.6 is 0 Å². The van der Waals surface area contributed by atoms with Gasteiger partial charge in [0, 0.05) is 38.7 Å². The molecular weight excluding hydrogens is 358 g/mol. The van der Waals surface area contributed by atoms with Crippen LogP contribution in [-0.2, 0) is 11.3 Å². The molecule has 2 aromatic rings. The lowest BCUT2D eigenvalue weighted by Gasteiger charge is -2.34. The normalized spacial score (nSPS) is 14.6. The van der Waals surface area contributed by atoms with E-state index >= 15 is 0 Å². The zero-order chi connectivity index (χ0) is 20.1. The maximum atomic E-state index is 12.8. The number of anilines is 1. The van der Waals surface area contributed by atoms with Crippen molar-refractivity contribution in [2.75, 3.05) is 32.1 Å². The molecule has 0 saturated carbocycles. The summed E-state index contributed by atoms with van der Waals surface area (Å²) in [5, 5.41) is 11.3. The van der Waals surface area contributed by atoms with E-state index in [1.807, 2.05) is 42.3 Å². The molecular formula is C21H25N3O4. The number of carbonyl (C=O) groups is 1. The van der Waals surface area contributed by atoms with Gasteiger partial charge >= 0.3 is 0 Å². The molecule has 0 atom stereocenters. The van der Waals surface area contributed by atoms with Crippen LogP contribution in [0.1, 0.15) is 18.4 Å². The van der Waals surface area contributed by atoms with Gasteiger partial charge in [0.2, 0.25) is 5.91 Å². The van der Waals surface area contributed by atoms with E-state index in [2.05, 4.69) is 0 Å². The van der Waals surface area contributed by atoms with E-state index in [0.29, 0.717) is 38.2 Å². The average Bonchev–Trinajstić information content (AvgIpc) is 2.73. The van der Waals surface area contributed by atoms with E-state index in [-0.39, 0.29) is 22.4 Å². The number of nitro benzene ring substituents is 1. The molecule has 0 spiro atoms. The fourth-order valence-electron chi connectivity index (χ4n) is 3.65. The van der Waals surface area contributed by atoms with Crippen molar-refractivity contribution in [3.8, 4) is 5.75 Å². The van der Waals surface area contributed by atoms with E-state index in [9.17, 15) is 14.9 Å². The molecule has 0 aromatic heterocycles. The molecule has 7 heteroatoms. The SMILES string of the molecule is COc1ccc(CN(C)C(=O)C2CCN(c3ccccc3[N+](=O)[O-])CC2)cc1. The van der Waals surface area contributed by atoms with Gasteiger partial charge in [-0.2, -0.15) is 0 Å². The predicted octanol–water partition coefficient (Wildman–Crippen LogP) is 3.48. The molecule has 1 fully saturated rings. The Bertz CT molecular complexity index is 830. The molecule has 7 nitrogen and oxygen atoms in total. The lowest BCUT2D eigenvalue weighted by atomic mass is 9.94. The topological polar surface area (TPSA) is 75.9 Å². The minimum Gasteiger partial charge on any atom is -0.497 e. The second-order valence-electron chi connectivity index (χ2n) is 7.05. The van der Waals surface area contributed by atoms with Gasteiger partial charge in [0.15, 0.2) is 0 Å². The first-order valence-corrected chi connectivity index (χ1v) is 9.36. The number of piperidine rings is 1. The van der Waals surface area contributed by atoms with Crippen molar-refractivity contribution in [2.24, 2.45) is 5.92 Å². The van der Waals surface area contributed by atoms with Crippen LogP contribution in [0.3, 0.4) is 0 Å². The molecule has 148 valence electrons. The number of para-hydroxylation sites is 2. The number of amides is 1. The van der Waals surface area contributed by atoms with Gasteiger partial charge in [-0.3, -0.25) is 14.9 Å². The number of ether oxygens (including phenoxy) is 1. The minimum absolute atomic E-state index is 0.0535. The third kappa shape index (κ3) is 4.42. The molecule has 0 unspecified atom stereocenters. The number of hydrogen-bond donors (Lipinski definition) is 0. The van der Waals surface area contributed by atoms with Crippen LogP contribution in [0.4, 0.5) is 11.4 Å². The van der Waals surface area contributed by atoms with Gasteiger partial charge in [-0.05, 0) is 36.6 Å². The van der Waals surface area contributed by atoms with Gasteiger partial charge in [-0.1, -0.05) is 24.3 Å². The summed E-state index contributed by atoms with van der Waals surface area (Å²) in [6, 6.07) is 14.5. The summed E-state index contributed by atoms with van der Waals surface area (Å²) in [5.74, 6) is 0.861. The number of nitro groups is 1. The van der Waals surface area contributed by atoms with Gasteiger partial charge < -0.3 is 14.5 Å². The van der Waals surface area contributed by atoms with Crippen LogP contribution in [0.5, 0.6) is 5.75 Å². The summed E-state index contributed by atoms with van der Waals surface area (Å²) in [5.41, 5.74) is 1.79. The fourth-order valence-corrected chi connectivity index (χ4v) is 3.65. The van der Waals surface area contributed by atoms with Crippen LogP contribution < -0.4 is 9.64 Å². The molecule has 0 aliphatic carbocycles. The Labute approximate surface area is 164 Å². The summed E-state index contributed by atoms with van der Waals surface area (Å²) >= 11 is 0. The van der Waals surface area contributed by atoms with E-state index in [1.165, 1.54) is 6.07 Å². The number of benzene rings is 2. The molecule has 2 aromatic carbocycles. The largest absolute Gasteiger partial charge is 0.497 e. The van der Waals surface area contributed by atoms with Crippen LogP contribution in [-0.4, -0.2) is 43.0 Å². The van der Waals surface area contributed by atoms with E-state index in [0.717, 1.165) is 11.3 Å². The minimum atomic E-state index is -0.352. The zero-order valence-electron chi connectivity index (χ0n) is 16.2. The Morgan fingerprint density at radius 1 is 1.18 bits per heavy atom. The first kappa shape index (κ1) is 19.7. The Kier molecular flexibility index (Phi) is 6.13. The standard InChI is InChI=1S/C21H25N3O4/c1-22(15-16-7-9-18(28-2)10-8-16)21(25)17-11-13-23(14-12-17)19-5-3-4-6-20(19)24(26)27/h3-10,17H,11-15H2,1-2H3. The number of carbonyl (C=O) groups excluding carboxylic acids is 1. The predicted molar refractivity (Wildman–Crippen MR) is 108 cm³/mol. The van der Waals surface area contributed by atoms with Crippen molar-refractivity contribution < 1.29 is 14.5 Å². The van der Waals surface area contributed by atoms with Gasteiger partial charge in [-0.15, -0.1) is 0 Å². The molecule has 1 saturated heterocycles. The number of nitrogens with zero attached hydrogens (tertiary/aromatic N) is 3. The first-order chi connectivity index (χ1) is 13.5. The van der Waals surface area contributed by atoms with Crippen LogP contribution in [0, 0.1) is 16.0 Å². The number of rotatable bonds is 6. The van der Waals surface area contributed by atoms with Crippen molar-refractivity contribution in [3.05, 3.63) is 64.2 Å². The first-order valence-electron chi connectivity index (χ1n) is 9.36. The number of hydrogen-bond acceptors (Lipinski definition) is 5. The van der Waals surface area contributed by atoms with Crippen LogP contribution in [0.15, 0.2) is 48.5 Å². The molecule has 1 aliphatic heterocycles.